The number of hydrogen-bond donors (Lipinski definition) is 1. The van der Waals surface area contributed by atoms with Crippen molar-refractivity contribution in [2.45, 2.75) is 38.6 Å². The molecule has 3 rings (SSSR count). The molecule has 2 aromatic heterocycles. The second-order valence-corrected chi connectivity index (χ2v) is 8.46. The second-order valence-electron chi connectivity index (χ2n) is 6.37. The molecule has 1 saturated heterocycles. The van der Waals surface area contributed by atoms with E-state index in [0.717, 1.165) is 42.5 Å². The average Bonchev–Trinajstić information content (AvgIpc) is 3.08. The number of rotatable bonds is 6. The molecule has 8 heteroatoms. The average molecular weight is 351 g/mol. The van der Waals surface area contributed by atoms with Crippen LogP contribution >= 0.6 is 0 Å². The van der Waals surface area contributed by atoms with Crippen molar-refractivity contribution in [3.8, 4) is 0 Å². The monoisotopic (exact) mass is 351 g/mol. The van der Waals surface area contributed by atoms with E-state index in [-0.39, 0.29) is 11.8 Å². The van der Waals surface area contributed by atoms with Crippen LogP contribution in [-0.4, -0.2) is 59.6 Å². The number of likely N-dealkylation sites (N-methyl/N-ethyl adjacent to an activating group) is 1. The Morgan fingerprint density at radius 3 is 3.04 bits per heavy atom. The van der Waals surface area contributed by atoms with Crippen molar-refractivity contribution in [3.63, 3.8) is 0 Å². The summed E-state index contributed by atoms with van der Waals surface area (Å²) in [6.45, 7) is 3.16. The van der Waals surface area contributed by atoms with Gasteiger partial charge in [-0.15, -0.1) is 0 Å². The largest absolute Gasteiger partial charge is 0.355 e. The highest BCUT2D eigenvalue weighted by Crippen LogP contribution is 2.26. The van der Waals surface area contributed by atoms with E-state index in [1.165, 1.54) is 0 Å². The molecule has 1 N–H and O–H groups in total. The van der Waals surface area contributed by atoms with Gasteiger partial charge in [0.2, 0.25) is 10.0 Å². The van der Waals surface area contributed by atoms with Crippen molar-refractivity contribution in [3.05, 3.63) is 18.6 Å². The highest BCUT2D eigenvalue weighted by molar-refractivity contribution is 7.89. The third kappa shape index (κ3) is 3.39. The Kier molecular flexibility index (Phi) is 5.05. The van der Waals surface area contributed by atoms with Gasteiger partial charge in [0.1, 0.15) is 17.8 Å². The molecule has 0 bridgehead atoms. The summed E-state index contributed by atoms with van der Waals surface area (Å²) >= 11 is 0. The minimum absolute atomic E-state index is 0.128. The number of nitrogens with one attached hydrogen (secondary N) is 1. The topological polar surface area (TPSA) is 82.2 Å². The van der Waals surface area contributed by atoms with Crippen molar-refractivity contribution in [1.29, 1.82) is 0 Å². The van der Waals surface area contributed by atoms with Gasteiger partial charge < -0.3 is 9.88 Å². The first-order valence-corrected chi connectivity index (χ1v) is 10.1. The Hall–Kier alpha value is -1.67. The van der Waals surface area contributed by atoms with Gasteiger partial charge in [-0.1, -0.05) is 13.3 Å². The number of nitrogens with zero attached hydrogens (tertiary/aromatic N) is 4. The Morgan fingerprint density at radius 1 is 1.42 bits per heavy atom. The predicted octanol–water partition coefficient (Wildman–Crippen LogP) is 1.99. The summed E-state index contributed by atoms with van der Waals surface area (Å²) in [5.41, 5.74) is 0.801. The molecule has 7 nitrogen and oxygen atoms in total. The fourth-order valence-corrected chi connectivity index (χ4v) is 4.98. The summed E-state index contributed by atoms with van der Waals surface area (Å²) in [6.07, 6.45) is 6.84. The molecule has 0 unspecified atom stereocenters. The Balaban J connectivity index is 1.78. The first-order chi connectivity index (χ1) is 11.5. The first-order valence-electron chi connectivity index (χ1n) is 8.51. The van der Waals surface area contributed by atoms with Gasteiger partial charge in [-0.2, -0.15) is 4.31 Å². The summed E-state index contributed by atoms with van der Waals surface area (Å²) in [7, 11) is -1.17. The Morgan fingerprint density at radius 2 is 2.25 bits per heavy atom. The smallest absolute Gasteiger partial charge is 0.214 e. The van der Waals surface area contributed by atoms with Crippen LogP contribution in [0.2, 0.25) is 0 Å². The van der Waals surface area contributed by atoms with Crippen molar-refractivity contribution in [1.82, 2.24) is 19.3 Å². The zero-order valence-corrected chi connectivity index (χ0v) is 15.1. The van der Waals surface area contributed by atoms with Gasteiger partial charge in [0.15, 0.2) is 0 Å². The number of piperidine rings is 1. The van der Waals surface area contributed by atoms with E-state index in [9.17, 15) is 8.42 Å². The second kappa shape index (κ2) is 7.06. The zero-order chi connectivity index (χ0) is 17.2. The van der Waals surface area contributed by atoms with Gasteiger partial charge >= 0.3 is 0 Å². The summed E-state index contributed by atoms with van der Waals surface area (Å²) in [5, 5.41) is 0.964. The molecule has 0 aromatic carbocycles. The van der Waals surface area contributed by atoms with E-state index in [1.807, 2.05) is 26.2 Å². The van der Waals surface area contributed by atoms with Crippen LogP contribution in [0.4, 0.5) is 5.82 Å². The molecule has 1 aliphatic rings. The standard InChI is InChI=1S/C16H25N5O2S/c1-3-4-10-24(22,23)21-9-5-6-13(11-21)20(2)16-14-7-8-17-15(14)18-12-19-16/h7-8,12-13H,3-6,9-11H2,1-2H3,(H,17,18,19)/t13-/m1/s1. The lowest BCUT2D eigenvalue weighted by molar-refractivity contribution is 0.310. The van der Waals surface area contributed by atoms with Crippen LogP contribution < -0.4 is 4.90 Å². The van der Waals surface area contributed by atoms with Crippen molar-refractivity contribution >= 4 is 26.9 Å². The van der Waals surface area contributed by atoms with Gasteiger partial charge in [-0.3, -0.25) is 0 Å². The molecule has 1 fully saturated rings. The highest BCUT2D eigenvalue weighted by atomic mass is 32.2. The molecule has 2 aromatic rings. The Bertz CT molecular complexity index is 789. The highest BCUT2D eigenvalue weighted by Gasteiger charge is 2.31. The van der Waals surface area contributed by atoms with Crippen LogP contribution in [0.25, 0.3) is 11.0 Å². The molecule has 24 heavy (non-hydrogen) atoms. The number of fused-ring (bicyclic) bond motifs is 1. The molecule has 1 aliphatic heterocycles. The molecular weight excluding hydrogens is 326 g/mol. The van der Waals surface area contributed by atoms with Crippen LogP contribution in [0.3, 0.4) is 0 Å². The van der Waals surface area contributed by atoms with E-state index in [2.05, 4.69) is 19.9 Å². The molecular formula is C16H25N5O2S. The van der Waals surface area contributed by atoms with Crippen LogP contribution in [0.15, 0.2) is 18.6 Å². The number of sulfonamides is 1. The molecule has 0 saturated carbocycles. The number of aromatic nitrogens is 3. The normalized spacial score (nSPS) is 19.7. The van der Waals surface area contributed by atoms with Gasteiger partial charge in [0, 0.05) is 32.4 Å². The molecule has 0 aliphatic carbocycles. The van der Waals surface area contributed by atoms with Gasteiger partial charge in [-0.25, -0.2) is 18.4 Å². The van der Waals surface area contributed by atoms with E-state index >= 15 is 0 Å². The minimum Gasteiger partial charge on any atom is -0.355 e. The summed E-state index contributed by atoms with van der Waals surface area (Å²) < 4.78 is 26.6. The van der Waals surface area contributed by atoms with E-state index < -0.39 is 10.0 Å². The van der Waals surface area contributed by atoms with Gasteiger partial charge in [-0.05, 0) is 25.3 Å². The number of H-pyrrole nitrogens is 1. The molecule has 132 valence electrons. The summed E-state index contributed by atoms with van der Waals surface area (Å²) in [4.78, 5) is 13.8. The fraction of sp³-hybridized carbons (Fsp3) is 0.625. The minimum atomic E-state index is -3.16. The lowest BCUT2D eigenvalue weighted by Crippen LogP contribution is -2.49. The van der Waals surface area contributed by atoms with Crippen LogP contribution in [0.1, 0.15) is 32.6 Å². The molecule has 0 spiro atoms. The lowest BCUT2D eigenvalue weighted by atomic mass is 10.1. The summed E-state index contributed by atoms with van der Waals surface area (Å²) in [5.74, 6) is 1.09. The number of aromatic amines is 1. The van der Waals surface area contributed by atoms with Crippen molar-refractivity contribution in [2.75, 3.05) is 30.8 Å². The maximum atomic E-state index is 12.5. The molecule has 3 heterocycles. The van der Waals surface area contributed by atoms with E-state index in [1.54, 1.807) is 10.6 Å². The third-order valence-electron chi connectivity index (χ3n) is 4.72. The predicted molar refractivity (Wildman–Crippen MR) is 95.6 cm³/mol. The molecule has 0 amide bonds. The van der Waals surface area contributed by atoms with Crippen LogP contribution in [0, 0.1) is 0 Å². The maximum Gasteiger partial charge on any atom is 0.214 e. The van der Waals surface area contributed by atoms with E-state index in [0.29, 0.717) is 13.1 Å². The summed E-state index contributed by atoms with van der Waals surface area (Å²) in [6, 6.07) is 2.09. The number of hydrogen-bond acceptors (Lipinski definition) is 5. The molecule has 1 atom stereocenters. The first kappa shape index (κ1) is 17.2. The van der Waals surface area contributed by atoms with Crippen LogP contribution in [0.5, 0.6) is 0 Å². The van der Waals surface area contributed by atoms with Crippen LogP contribution in [-0.2, 0) is 10.0 Å². The van der Waals surface area contributed by atoms with Gasteiger partial charge in [0.05, 0.1) is 11.1 Å². The van der Waals surface area contributed by atoms with E-state index in [4.69, 9.17) is 0 Å². The number of unbranched alkanes of at least 4 members (excludes halogenated alkanes) is 1. The quantitative estimate of drug-likeness (QED) is 0.860. The zero-order valence-electron chi connectivity index (χ0n) is 14.3. The SMILES string of the molecule is CCCCS(=O)(=O)N1CCC[C@@H](N(C)c2ncnc3[nH]ccc23)C1. The fourth-order valence-electron chi connectivity index (χ4n) is 3.26. The van der Waals surface area contributed by atoms with Crippen molar-refractivity contribution < 1.29 is 8.42 Å². The maximum absolute atomic E-state index is 12.5. The molecule has 0 radical (unpaired) electrons. The van der Waals surface area contributed by atoms with Gasteiger partial charge in [0.25, 0.3) is 0 Å². The number of anilines is 1. The van der Waals surface area contributed by atoms with Crippen molar-refractivity contribution in [2.24, 2.45) is 0 Å². The third-order valence-corrected chi connectivity index (χ3v) is 6.65. The lowest BCUT2D eigenvalue weighted by Gasteiger charge is -2.37. The Labute approximate surface area is 143 Å².